The number of thiophene rings is 1. The summed E-state index contributed by atoms with van der Waals surface area (Å²) >= 11 is 1.51. The lowest BCUT2D eigenvalue weighted by Gasteiger charge is -2.13. The molecule has 1 atom stereocenters. The Kier molecular flexibility index (Phi) is 4.65. The number of carbonyl (C=O) groups excluding carboxylic acids is 1. The Labute approximate surface area is 103 Å². The molecule has 0 bridgehead atoms. The molecule has 0 aliphatic heterocycles. The van der Waals surface area contributed by atoms with Crippen LogP contribution in [0.1, 0.15) is 20.1 Å². The molecule has 2 N–H and O–H groups in total. The van der Waals surface area contributed by atoms with E-state index in [1.807, 2.05) is 13.8 Å². The fourth-order valence-electron chi connectivity index (χ4n) is 1.43. The Hall–Kier alpha value is -1.40. The van der Waals surface area contributed by atoms with Crippen molar-refractivity contribution in [1.29, 1.82) is 0 Å². The molecule has 5 nitrogen and oxygen atoms in total. The minimum absolute atomic E-state index is 0.0523. The molecule has 0 saturated carbocycles. The predicted octanol–water partition coefficient (Wildman–Crippen LogP) is 1.19. The van der Waals surface area contributed by atoms with E-state index in [4.69, 9.17) is 9.84 Å². The van der Waals surface area contributed by atoms with Crippen molar-refractivity contribution < 1.29 is 19.4 Å². The van der Waals surface area contributed by atoms with E-state index in [9.17, 15) is 9.59 Å². The zero-order valence-corrected chi connectivity index (χ0v) is 10.8. The van der Waals surface area contributed by atoms with Crippen LogP contribution in [-0.2, 0) is 9.53 Å². The fraction of sp³-hybridized carbons (Fsp3) is 0.455. The van der Waals surface area contributed by atoms with Gasteiger partial charge < -0.3 is 15.2 Å². The van der Waals surface area contributed by atoms with Crippen LogP contribution in [-0.4, -0.2) is 36.7 Å². The van der Waals surface area contributed by atoms with Gasteiger partial charge in [-0.3, -0.25) is 4.79 Å². The zero-order valence-electron chi connectivity index (χ0n) is 9.94. The van der Waals surface area contributed by atoms with Gasteiger partial charge in [0.25, 0.3) is 5.91 Å². The summed E-state index contributed by atoms with van der Waals surface area (Å²) < 4.78 is 4.74. The van der Waals surface area contributed by atoms with Crippen LogP contribution in [0.25, 0.3) is 0 Å². The maximum atomic E-state index is 11.8. The second-order valence-corrected chi connectivity index (χ2v) is 5.11. The lowest BCUT2D eigenvalue weighted by atomic mass is 10.2. The van der Waals surface area contributed by atoms with Gasteiger partial charge in [0.05, 0.1) is 12.2 Å². The van der Waals surface area contributed by atoms with E-state index in [0.29, 0.717) is 5.56 Å². The molecule has 1 heterocycles. The first-order valence-electron chi connectivity index (χ1n) is 5.05. The molecule has 0 aliphatic rings. The highest BCUT2D eigenvalue weighted by Crippen LogP contribution is 2.20. The molecule has 17 heavy (non-hydrogen) atoms. The molecular weight excluding hydrogens is 242 g/mol. The minimum Gasteiger partial charge on any atom is -0.480 e. The third-order valence-electron chi connectivity index (χ3n) is 2.22. The van der Waals surface area contributed by atoms with Crippen LogP contribution in [0.5, 0.6) is 0 Å². The van der Waals surface area contributed by atoms with Gasteiger partial charge in [-0.05, 0) is 19.9 Å². The number of rotatable bonds is 5. The number of carboxylic acid groups (broad SMARTS) is 1. The smallest absolute Gasteiger partial charge is 0.328 e. The molecule has 1 aromatic rings. The maximum absolute atomic E-state index is 11.8. The number of amides is 1. The number of hydrogen-bond donors (Lipinski definition) is 2. The Bertz CT molecular complexity index is 427. The molecule has 1 rings (SSSR count). The number of nitrogens with one attached hydrogen (secondary N) is 1. The molecule has 0 aromatic carbocycles. The Morgan fingerprint density at radius 3 is 2.59 bits per heavy atom. The Balaban J connectivity index is 2.77. The molecule has 1 unspecified atom stereocenters. The van der Waals surface area contributed by atoms with Crippen LogP contribution < -0.4 is 5.32 Å². The number of aryl methyl sites for hydroxylation is 2. The van der Waals surface area contributed by atoms with E-state index in [-0.39, 0.29) is 12.5 Å². The molecule has 0 aliphatic carbocycles. The number of carboxylic acids is 1. The molecule has 0 spiro atoms. The van der Waals surface area contributed by atoms with E-state index in [1.54, 1.807) is 6.07 Å². The van der Waals surface area contributed by atoms with Gasteiger partial charge in [-0.15, -0.1) is 11.3 Å². The van der Waals surface area contributed by atoms with Gasteiger partial charge in [-0.1, -0.05) is 0 Å². The van der Waals surface area contributed by atoms with Gasteiger partial charge in [0.1, 0.15) is 0 Å². The number of ether oxygens (including phenoxy) is 1. The second-order valence-electron chi connectivity index (χ2n) is 3.65. The van der Waals surface area contributed by atoms with Gasteiger partial charge in [0.2, 0.25) is 0 Å². The molecule has 0 fully saturated rings. The second kappa shape index (κ2) is 5.79. The van der Waals surface area contributed by atoms with Crippen LogP contribution in [0.4, 0.5) is 0 Å². The van der Waals surface area contributed by atoms with E-state index in [1.165, 1.54) is 18.4 Å². The van der Waals surface area contributed by atoms with Crippen molar-refractivity contribution in [3.63, 3.8) is 0 Å². The third kappa shape index (κ3) is 3.54. The van der Waals surface area contributed by atoms with Crippen LogP contribution in [0.15, 0.2) is 6.07 Å². The SMILES string of the molecule is COCC(NC(=O)c1cc(C)sc1C)C(=O)O. The molecule has 0 radical (unpaired) electrons. The Morgan fingerprint density at radius 2 is 2.18 bits per heavy atom. The predicted molar refractivity (Wildman–Crippen MR) is 64.6 cm³/mol. The number of aliphatic carboxylic acids is 1. The fourth-order valence-corrected chi connectivity index (χ4v) is 2.35. The largest absolute Gasteiger partial charge is 0.480 e. The van der Waals surface area contributed by atoms with Gasteiger partial charge in [-0.25, -0.2) is 4.79 Å². The highest BCUT2D eigenvalue weighted by molar-refractivity contribution is 7.12. The van der Waals surface area contributed by atoms with Crippen molar-refractivity contribution in [2.24, 2.45) is 0 Å². The van der Waals surface area contributed by atoms with E-state index >= 15 is 0 Å². The third-order valence-corrected chi connectivity index (χ3v) is 3.19. The lowest BCUT2D eigenvalue weighted by Crippen LogP contribution is -2.43. The first-order valence-corrected chi connectivity index (χ1v) is 5.87. The van der Waals surface area contributed by atoms with Gasteiger partial charge in [0, 0.05) is 16.9 Å². The van der Waals surface area contributed by atoms with Gasteiger partial charge in [-0.2, -0.15) is 0 Å². The summed E-state index contributed by atoms with van der Waals surface area (Å²) in [4.78, 5) is 24.6. The monoisotopic (exact) mass is 257 g/mol. The average Bonchev–Trinajstić information content (AvgIpc) is 2.57. The van der Waals surface area contributed by atoms with Crippen molar-refractivity contribution in [3.05, 3.63) is 21.4 Å². The standard InChI is InChI=1S/C11H15NO4S/c1-6-4-8(7(2)17-6)10(13)12-9(5-16-3)11(14)15/h4,9H,5H2,1-3H3,(H,12,13)(H,14,15). The number of hydrogen-bond acceptors (Lipinski definition) is 4. The average molecular weight is 257 g/mol. The van der Waals surface area contributed by atoms with Crippen LogP contribution in [0, 0.1) is 13.8 Å². The van der Waals surface area contributed by atoms with Crippen LogP contribution >= 0.6 is 11.3 Å². The number of carbonyl (C=O) groups is 2. The molecule has 6 heteroatoms. The minimum atomic E-state index is -1.11. The summed E-state index contributed by atoms with van der Waals surface area (Å²) in [6, 6.07) is 0.730. The lowest BCUT2D eigenvalue weighted by molar-refractivity contribution is -0.140. The number of methoxy groups -OCH3 is 1. The molecule has 0 saturated heterocycles. The first kappa shape index (κ1) is 13.7. The summed E-state index contributed by atoms with van der Waals surface area (Å²) in [7, 11) is 1.39. The van der Waals surface area contributed by atoms with Crippen molar-refractivity contribution in [2.75, 3.05) is 13.7 Å². The summed E-state index contributed by atoms with van der Waals surface area (Å²) in [6.45, 7) is 3.68. The highest BCUT2D eigenvalue weighted by Gasteiger charge is 2.21. The van der Waals surface area contributed by atoms with E-state index < -0.39 is 12.0 Å². The van der Waals surface area contributed by atoms with E-state index in [0.717, 1.165) is 9.75 Å². The van der Waals surface area contributed by atoms with Crippen molar-refractivity contribution >= 4 is 23.2 Å². The van der Waals surface area contributed by atoms with Crippen molar-refractivity contribution in [3.8, 4) is 0 Å². The Morgan fingerprint density at radius 1 is 1.53 bits per heavy atom. The first-order chi connectivity index (χ1) is 7.95. The molecular formula is C11H15NO4S. The molecule has 1 aromatic heterocycles. The van der Waals surface area contributed by atoms with Crippen molar-refractivity contribution in [2.45, 2.75) is 19.9 Å². The summed E-state index contributed by atoms with van der Waals surface area (Å²) in [5.41, 5.74) is 0.523. The highest BCUT2D eigenvalue weighted by atomic mass is 32.1. The van der Waals surface area contributed by atoms with Gasteiger partial charge >= 0.3 is 5.97 Å². The summed E-state index contributed by atoms with van der Waals surface area (Å²) in [6.07, 6.45) is 0. The zero-order chi connectivity index (χ0) is 13.0. The van der Waals surface area contributed by atoms with Gasteiger partial charge in [0.15, 0.2) is 6.04 Å². The molecule has 1 amide bonds. The quantitative estimate of drug-likeness (QED) is 0.831. The summed E-state index contributed by atoms with van der Waals surface area (Å²) in [5.74, 6) is -1.49. The van der Waals surface area contributed by atoms with Crippen LogP contribution in [0.2, 0.25) is 0 Å². The topological polar surface area (TPSA) is 75.6 Å². The van der Waals surface area contributed by atoms with Crippen molar-refractivity contribution in [1.82, 2.24) is 5.32 Å². The normalized spacial score (nSPS) is 12.2. The van der Waals surface area contributed by atoms with Crippen LogP contribution in [0.3, 0.4) is 0 Å². The van der Waals surface area contributed by atoms with E-state index in [2.05, 4.69) is 5.32 Å². The summed E-state index contributed by atoms with van der Waals surface area (Å²) in [5, 5.41) is 11.3. The maximum Gasteiger partial charge on any atom is 0.328 e. The molecule has 94 valence electrons.